The van der Waals surface area contributed by atoms with Crippen molar-refractivity contribution in [1.82, 2.24) is 0 Å². The van der Waals surface area contributed by atoms with E-state index in [9.17, 15) is 5.11 Å². The number of hydrogen-bond donors (Lipinski definition) is 1. The van der Waals surface area contributed by atoms with Crippen molar-refractivity contribution in [2.45, 2.75) is 13.0 Å². The number of thiophene rings is 1. The van der Waals surface area contributed by atoms with Gasteiger partial charge in [0.2, 0.25) is 0 Å². The molecule has 0 radical (unpaired) electrons. The molecule has 0 saturated heterocycles. The van der Waals surface area contributed by atoms with Crippen molar-refractivity contribution in [3.8, 4) is 0 Å². The Morgan fingerprint density at radius 1 is 1.80 bits per heavy atom. The fraction of sp³-hybridized carbons (Fsp3) is 0.250. The molecular formula is C8H10OS. The lowest BCUT2D eigenvalue weighted by atomic mass is 10.2. The second kappa shape index (κ2) is 2.99. The van der Waals surface area contributed by atoms with E-state index < -0.39 is 6.10 Å². The average Bonchev–Trinajstić information content (AvgIpc) is 2.36. The van der Waals surface area contributed by atoms with Crippen LogP contribution in [0.4, 0.5) is 0 Å². The SMILES string of the molecule is C=C(C)C(O)c1cccs1. The van der Waals surface area contributed by atoms with E-state index in [0.717, 1.165) is 10.5 Å². The average molecular weight is 154 g/mol. The highest BCUT2D eigenvalue weighted by molar-refractivity contribution is 7.10. The summed E-state index contributed by atoms with van der Waals surface area (Å²) >= 11 is 1.55. The van der Waals surface area contributed by atoms with Crippen molar-refractivity contribution in [3.63, 3.8) is 0 Å². The molecule has 1 atom stereocenters. The summed E-state index contributed by atoms with van der Waals surface area (Å²) in [5.41, 5.74) is 0.794. The molecule has 54 valence electrons. The van der Waals surface area contributed by atoms with Gasteiger partial charge in [0, 0.05) is 4.88 Å². The first-order valence-electron chi connectivity index (χ1n) is 3.08. The van der Waals surface area contributed by atoms with Crippen LogP contribution in [0, 0.1) is 0 Å². The Hall–Kier alpha value is -0.600. The lowest BCUT2D eigenvalue weighted by molar-refractivity contribution is 0.220. The Morgan fingerprint density at radius 2 is 2.50 bits per heavy atom. The monoisotopic (exact) mass is 154 g/mol. The lowest BCUT2D eigenvalue weighted by Gasteiger charge is -2.05. The Kier molecular flexibility index (Phi) is 2.25. The second-order valence-corrected chi connectivity index (χ2v) is 3.24. The summed E-state index contributed by atoms with van der Waals surface area (Å²) in [5.74, 6) is 0. The van der Waals surface area contributed by atoms with Gasteiger partial charge in [-0.3, -0.25) is 0 Å². The van der Waals surface area contributed by atoms with Crippen molar-refractivity contribution in [1.29, 1.82) is 0 Å². The third-order valence-corrected chi connectivity index (χ3v) is 2.20. The first-order valence-corrected chi connectivity index (χ1v) is 3.96. The zero-order valence-corrected chi connectivity index (χ0v) is 6.69. The topological polar surface area (TPSA) is 20.2 Å². The summed E-state index contributed by atoms with van der Waals surface area (Å²) in [7, 11) is 0. The largest absolute Gasteiger partial charge is 0.383 e. The van der Waals surface area contributed by atoms with Gasteiger partial charge in [0.25, 0.3) is 0 Å². The molecule has 0 aliphatic heterocycles. The van der Waals surface area contributed by atoms with E-state index >= 15 is 0 Å². The first-order chi connectivity index (χ1) is 4.72. The molecular weight excluding hydrogens is 144 g/mol. The molecule has 0 bridgehead atoms. The van der Waals surface area contributed by atoms with E-state index in [1.54, 1.807) is 11.3 Å². The first kappa shape index (κ1) is 7.51. The molecule has 0 saturated carbocycles. The smallest absolute Gasteiger partial charge is 0.109 e. The molecule has 1 aromatic heterocycles. The summed E-state index contributed by atoms with van der Waals surface area (Å²) < 4.78 is 0. The van der Waals surface area contributed by atoms with Crippen LogP contribution in [0.15, 0.2) is 29.7 Å². The highest BCUT2D eigenvalue weighted by Crippen LogP contribution is 2.23. The number of aliphatic hydroxyl groups excluding tert-OH is 1. The van der Waals surface area contributed by atoms with Crippen LogP contribution in [0.3, 0.4) is 0 Å². The van der Waals surface area contributed by atoms with E-state index in [1.165, 1.54) is 0 Å². The van der Waals surface area contributed by atoms with E-state index in [2.05, 4.69) is 6.58 Å². The summed E-state index contributed by atoms with van der Waals surface area (Å²) in [5, 5.41) is 11.3. The van der Waals surface area contributed by atoms with E-state index in [-0.39, 0.29) is 0 Å². The van der Waals surface area contributed by atoms with Gasteiger partial charge in [-0.05, 0) is 23.9 Å². The standard InChI is InChI=1S/C8H10OS/c1-6(2)8(9)7-4-3-5-10-7/h3-5,8-9H,1H2,2H3. The Labute approximate surface area is 64.6 Å². The van der Waals surface area contributed by atoms with Crippen LogP contribution in [0.25, 0.3) is 0 Å². The van der Waals surface area contributed by atoms with Crippen molar-refractivity contribution < 1.29 is 5.11 Å². The van der Waals surface area contributed by atoms with Gasteiger partial charge >= 0.3 is 0 Å². The van der Waals surface area contributed by atoms with Gasteiger partial charge in [-0.2, -0.15) is 0 Å². The molecule has 10 heavy (non-hydrogen) atoms. The third kappa shape index (κ3) is 1.46. The fourth-order valence-corrected chi connectivity index (χ4v) is 1.49. The van der Waals surface area contributed by atoms with Crippen molar-refractivity contribution in [3.05, 3.63) is 34.5 Å². The molecule has 0 aromatic carbocycles. The highest BCUT2D eigenvalue weighted by Gasteiger charge is 2.07. The van der Waals surface area contributed by atoms with Gasteiger partial charge in [0.15, 0.2) is 0 Å². The van der Waals surface area contributed by atoms with Gasteiger partial charge in [0.1, 0.15) is 6.10 Å². The van der Waals surface area contributed by atoms with Crippen LogP contribution < -0.4 is 0 Å². The minimum Gasteiger partial charge on any atom is -0.383 e. The molecule has 0 aliphatic carbocycles. The molecule has 0 amide bonds. The maximum atomic E-state index is 9.40. The van der Waals surface area contributed by atoms with E-state index in [4.69, 9.17) is 0 Å². The molecule has 2 heteroatoms. The van der Waals surface area contributed by atoms with Gasteiger partial charge in [-0.25, -0.2) is 0 Å². The zero-order valence-electron chi connectivity index (χ0n) is 5.87. The van der Waals surface area contributed by atoms with Crippen LogP contribution in [0.1, 0.15) is 17.9 Å². The molecule has 0 spiro atoms. The van der Waals surface area contributed by atoms with Crippen LogP contribution in [0.5, 0.6) is 0 Å². The minimum absolute atomic E-state index is 0.472. The Morgan fingerprint density at radius 3 is 2.90 bits per heavy atom. The summed E-state index contributed by atoms with van der Waals surface area (Å²) in [4.78, 5) is 0.965. The number of hydrogen-bond acceptors (Lipinski definition) is 2. The molecule has 1 N–H and O–H groups in total. The molecule has 1 nitrogen and oxygen atoms in total. The van der Waals surface area contributed by atoms with Crippen LogP contribution >= 0.6 is 11.3 Å². The molecule has 1 aromatic rings. The van der Waals surface area contributed by atoms with Crippen molar-refractivity contribution in [2.75, 3.05) is 0 Å². The quantitative estimate of drug-likeness (QED) is 0.648. The van der Waals surface area contributed by atoms with Crippen LogP contribution in [0.2, 0.25) is 0 Å². The molecule has 1 heterocycles. The molecule has 1 rings (SSSR count). The molecule has 0 aliphatic rings. The molecule has 0 fully saturated rings. The zero-order chi connectivity index (χ0) is 7.56. The summed E-state index contributed by atoms with van der Waals surface area (Å²) in [6.45, 7) is 5.49. The minimum atomic E-state index is -0.472. The predicted molar refractivity (Wildman–Crippen MR) is 44.1 cm³/mol. The van der Waals surface area contributed by atoms with Crippen LogP contribution in [-0.2, 0) is 0 Å². The second-order valence-electron chi connectivity index (χ2n) is 2.26. The van der Waals surface area contributed by atoms with Crippen molar-refractivity contribution >= 4 is 11.3 Å². The third-order valence-electron chi connectivity index (χ3n) is 1.28. The van der Waals surface area contributed by atoms with Gasteiger partial charge in [-0.15, -0.1) is 11.3 Å². The van der Waals surface area contributed by atoms with Gasteiger partial charge < -0.3 is 5.11 Å². The predicted octanol–water partition coefficient (Wildman–Crippen LogP) is 2.36. The van der Waals surface area contributed by atoms with Gasteiger partial charge in [-0.1, -0.05) is 12.6 Å². The number of aliphatic hydroxyl groups is 1. The Bertz CT molecular complexity index is 213. The maximum Gasteiger partial charge on any atom is 0.109 e. The fourth-order valence-electron chi connectivity index (χ4n) is 0.690. The van der Waals surface area contributed by atoms with Crippen molar-refractivity contribution in [2.24, 2.45) is 0 Å². The van der Waals surface area contributed by atoms with E-state index in [1.807, 2.05) is 24.4 Å². The maximum absolute atomic E-state index is 9.40. The lowest BCUT2D eigenvalue weighted by Crippen LogP contribution is -1.93. The van der Waals surface area contributed by atoms with E-state index in [0.29, 0.717) is 0 Å². The van der Waals surface area contributed by atoms with Gasteiger partial charge in [0.05, 0.1) is 0 Å². The normalized spacial score (nSPS) is 13.0. The highest BCUT2D eigenvalue weighted by atomic mass is 32.1. The summed E-state index contributed by atoms with van der Waals surface area (Å²) in [6.07, 6.45) is -0.472. The Balaban J connectivity index is 2.77. The molecule has 1 unspecified atom stereocenters. The number of rotatable bonds is 2. The van der Waals surface area contributed by atoms with Crippen LogP contribution in [-0.4, -0.2) is 5.11 Å². The summed E-state index contributed by atoms with van der Waals surface area (Å²) in [6, 6.07) is 3.83.